The summed E-state index contributed by atoms with van der Waals surface area (Å²) >= 11 is 12.8. The Bertz CT molecular complexity index is 896. The molecule has 2 aromatic carbocycles. The van der Waals surface area contributed by atoms with Crippen LogP contribution in [0.3, 0.4) is 0 Å². The summed E-state index contributed by atoms with van der Waals surface area (Å²) in [5, 5.41) is 12.4. The lowest BCUT2D eigenvalue weighted by Gasteiger charge is -2.35. The number of non-ortho nitro benzene ring substituents is 1. The molecule has 9 heteroatoms. The number of halogens is 2. The van der Waals surface area contributed by atoms with Gasteiger partial charge >= 0.3 is 0 Å². The van der Waals surface area contributed by atoms with Crippen molar-refractivity contribution in [3.8, 4) is 0 Å². The molecule has 7 nitrogen and oxygen atoms in total. The van der Waals surface area contributed by atoms with E-state index in [4.69, 9.17) is 37.4 Å². The van der Waals surface area contributed by atoms with Gasteiger partial charge in [-0.2, -0.15) is 0 Å². The highest BCUT2D eigenvalue weighted by atomic mass is 35.5. The summed E-state index contributed by atoms with van der Waals surface area (Å²) in [5.41, 5.74) is 2.95. The minimum Gasteiger partial charge on any atom is -0.382 e. The fourth-order valence-corrected chi connectivity index (χ4v) is 4.28. The Labute approximate surface area is 191 Å². The first kappa shape index (κ1) is 23.9. The van der Waals surface area contributed by atoms with Crippen molar-refractivity contribution in [2.75, 3.05) is 53.2 Å². The van der Waals surface area contributed by atoms with E-state index >= 15 is 0 Å². The molecule has 1 aliphatic heterocycles. The molecule has 31 heavy (non-hydrogen) atoms. The molecule has 1 unspecified atom stereocenters. The number of nitrogens with zero attached hydrogens (tertiary/aromatic N) is 2. The molecule has 0 bridgehead atoms. The summed E-state index contributed by atoms with van der Waals surface area (Å²) in [6.45, 7) is 4.78. The van der Waals surface area contributed by atoms with Crippen LogP contribution in [-0.2, 0) is 20.8 Å². The quantitative estimate of drug-likeness (QED) is 0.274. The van der Waals surface area contributed by atoms with Gasteiger partial charge in [-0.3, -0.25) is 15.0 Å². The molecule has 1 atom stereocenters. The zero-order valence-corrected chi connectivity index (χ0v) is 18.9. The Balaban J connectivity index is 1.69. The highest BCUT2D eigenvalue weighted by molar-refractivity contribution is 6.35. The lowest BCUT2D eigenvalue weighted by atomic mass is 9.84. The van der Waals surface area contributed by atoms with Gasteiger partial charge in [-0.15, -0.1) is 0 Å². The Morgan fingerprint density at radius 3 is 2.58 bits per heavy atom. The van der Waals surface area contributed by atoms with Crippen molar-refractivity contribution in [2.24, 2.45) is 0 Å². The van der Waals surface area contributed by atoms with Gasteiger partial charge in [0.15, 0.2) is 0 Å². The van der Waals surface area contributed by atoms with Crippen molar-refractivity contribution in [2.45, 2.75) is 12.5 Å². The molecule has 0 radical (unpaired) electrons. The summed E-state index contributed by atoms with van der Waals surface area (Å²) in [6.07, 6.45) is 0. The SMILES string of the molecule is COCCOCCOCCN1Cc2c(Cl)cc(Cl)cc2C(c2cccc([N+](=O)[O-])c2)C1. The van der Waals surface area contributed by atoms with Crippen LogP contribution in [-0.4, -0.2) is 63.1 Å². The van der Waals surface area contributed by atoms with Crippen LogP contribution in [0.2, 0.25) is 10.0 Å². The van der Waals surface area contributed by atoms with Gasteiger partial charge in [0.1, 0.15) is 0 Å². The number of ether oxygens (including phenoxy) is 3. The van der Waals surface area contributed by atoms with Crippen LogP contribution in [0.25, 0.3) is 0 Å². The third kappa shape index (κ3) is 6.62. The highest BCUT2D eigenvalue weighted by Crippen LogP contribution is 2.39. The van der Waals surface area contributed by atoms with E-state index in [1.54, 1.807) is 25.3 Å². The van der Waals surface area contributed by atoms with Crippen LogP contribution in [0.15, 0.2) is 36.4 Å². The second kappa shape index (κ2) is 11.8. The van der Waals surface area contributed by atoms with Crippen LogP contribution in [0.1, 0.15) is 22.6 Å². The van der Waals surface area contributed by atoms with E-state index in [-0.39, 0.29) is 16.5 Å². The van der Waals surface area contributed by atoms with Gasteiger partial charge in [0.2, 0.25) is 0 Å². The van der Waals surface area contributed by atoms with E-state index in [1.807, 2.05) is 12.1 Å². The summed E-state index contributed by atoms with van der Waals surface area (Å²) in [6, 6.07) is 10.4. The molecule has 0 amide bonds. The van der Waals surface area contributed by atoms with Gasteiger partial charge < -0.3 is 14.2 Å². The fourth-order valence-electron chi connectivity index (χ4n) is 3.71. The number of hydrogen-bond donors (Lipinski definition) is 0. The fraction of sp³-hybridized carbons (Fsp3) is 0.455. The van der Waals surface area contributed by atoms with E-state index in [9.17, 15) is 10.1 Å². The van der Waals surface area contributed by atoms with Crippen LogP contribution >= 0.6 is 23.2 Å². The maximum Gasteiger partial charge on any atom is 0.269 e. The molecule has 1 aliphatic rings. The van der Waals surface area contributed by atoms with Crippen molar-refractivity contribution in [1.82, 2.24) is 4.90 Å². The standard InChI is InChI=1S/C22H26Cl2N2O5/c1-29-7-8-31-10-9-30-6-5-25-14-20(16-3-2-4-18(11-16)26(27)28)19-12-17(23)13-22(24)21(19)15-25/h2-4,11-13,20H,5-10,14-15H2,1H3. The normalized spacial score (nSPS) is 16.3. The van der Waals surface area contributed by atoms with Crippen molar-refractivity contribution in [3.63, 3.8) is 0 Å². The first-order valence-electron chi connectivity index (χ1n) is 10.1. The number of nitro groups is 1. The molecule has 0 saturated heterocycles. The molecule has 0 spiro atoms. The van der Waals surface area contributed by atoms with Crippen molar-refractivity contribution in [1.29, 1.82) is 0 Å². The Hall–Kier alpha value is -1.74. The third-order valence-corrected chi connectivity index (χ3v) is 5.79. The van der Waals surface area contributed by atoms with Crippen molar-refractivity contribution >= 4 is 28.9 Å². The number of methoxy groups -OCH3 is 1. The summed E-state index contributed by atoms with van der Waals surface area (Å²) in [7, 11) is 1.64. The Morgan fingerprint density at radius 1 is 1.10 bits per heavy atom. The largest absolute Gasteiger partial charge is 0.382 e. The van der Waals surface area contributed by atoms with E-state index < -0.39 is 0 Å². The van der Waals surface area contributed by atoms with Crippen molar-refractivity contribution in [3.05, 3.63) is 73.2 Å². The first-order chi connectivity index (χ1) is 15.0. The second-order valence-electron chi connectivity index (χ2n) is 7.31. The van der Waals surface area contributed by atoms with Gasteiger partial charge in [-0.1, -0.05) is 35.3 Å². The van der Waals surface area contributed by atoms with Crippen LogP contribution in [0, 0.1) is 10.1 Å². The van der Waals surface area contributed by atoms with Crippen LogP contribution < -0.4 is 0 Å². The number of rotatable bonds is 11. The zero-order valence-electron chi connectivity index (χ0n) is 17.4. The molecule has 168 valence electrons. The molecule has 1 heterocycles. The molecule has 0 N–H and O–H groups in total. The smallest absolute Gasteiger partial charge is 0.269 e. The van der Waals surface area contributed by atoms with E-state index in [1.165, 1.54) is 6.07 Å². The lowest BCUT2D eigenvalue weighted by molar-refractivity contribution is -0.384. The summed E-state index contributed by atoms with van der Waals surface area (Å²) in [5.74, 6) is -0.0720. The number of fused-ring (bicyclic) bond motifs is 1. The average Bonchev–Trinajstić information content (AvgIpc) is 2.75. The third-order valence-electron chi connectivity index (χ3n) is 5.23. The van der Waals surface area contributed by atoms with E-state index in [2.05, 4.69) is 4.90 Å². The predicted molar refractivity (Wildman–Crippen MR) is 120 cm³/mol. The monoisotopic (exact) mass is 468 g/mol. The molecule has 0 aliphatic carbocycles. The molecule has 0 saturated carbocycles. The maximum atomic E-state index is 11.3. The summed E-state index contributed by atoms with van der Waals surface area (Å²) in [4.78, 5) is 13.1. The molecule has 3 rings (SSSR count). The maximum absolute atomic E-state index is 11.3. The zero-order chi connectivity index (χ0) is 22.2. The van der Waals surface area contributed by atoms with E-state index in [0.717, 1.165) is 16.7 Å². The van der Waals surface area contributed by atoms with E-state index in [0.29, 0.717) is 62.7 Å². The molecule has 2 aromatic rings. The number of hydrogen-bond acceptors (Lipinski definition) is 6. The summed E-state index contributed by atoms with van der Waals surface area (Å²) < 4.78 is 16.0. The van der Waals surface area contributed by atoms with Crippen LogP contribution in [0.4, 0.5) is 5.69 Å². The Morgan fingerprint density at radius 2 is 1.84 bits per heavy atom. The highest BCUT2D eigenvalue weighted by Gasteiger charge is 2.29. The van der Waals surface area contributed by atoms with Gasteiger partial charge in [0.25, 0.3) is 5.69 Å². The minimum absolute atomic E-state index is 0.0705. The minimum atomic E-state index is -0.376. The molecular formula is C22H26Cl2N2O5. The number of nitro benzene ring substituents is 1. The number of benzene rings is 2. The second-order valence-corrected chi connectivity index (χ2v) is 8.16. The first-order valence-corrected chi connectivity index (χ1v) is 10.8. The predicted octanol–water partition coefficient (Wildman–Crippen LogP) is 4.53. The average molecular weight is 469 g/mol. The molecule has 0 fully saturated rings. The Kier molecular flexibility index (Phi) is 9.07. The van der Waals surface area contributed by atoms with Gasteiger partial charge in [-0.25, -0.2) is 0 Å². The van der Waals surface area contributed by atoms with Crippen molar-refractivity contribution < 1.29 is 19.1 Å². The molecule has 0 aromatic heterocycles. The van der Waals surface area contributed by atoms with Gasteiger partial charge in [-0.05, 0) is 28.8 Å². The topological polar surface area (TPSA) is 74.1 Å². The van der Waals surface area contributed by atoms with Crippen LogP contribution in [0.5, 0.6) is 0 Å². The van der Waals surface area contributed by atoms with Gasteiger partial charge in [0, 0.05) is 54.8 Å². The molecular weight excluding hydrogens is 443 g/mol. The lowest BCUT2D eigenvalue weighted by Crippen LogP contribution is -2.36. The van der Waals surface area contributed by atoms with Gasteiger partial charge in [0.05, 0.1) is 38.0 Å².